The molecule has 1 fully saturated rings. The second-order valence-corrected chi connectivity index (χ2v) is 6.67. The molecule has 1 aromatic carbocycles. The number of aromatic nitrogens is 2. The smallest absolute Gasteiger partial charge is 0.368 e. The predicted octanol–water partition coefficient (Wildman–Crippen LogP) is 2.37. The molecule has 0 amide bonds. The van der Waals surface area contributed by atoms with Crippen LogP contribution in [0.5, 0.6) is 5.75 Å². The molecule has 2 N–H and O–H groups in total. The fraction of sp³-hybridized carbons (Fsp3) is 0.333. The van der Waals surface area contributed by atoms with Gasteiger partial charge in [-0.05, 0) is 12.1 Å². The maximum atomic E-state index is 14.7. The molecule has 0 radical (unpaired) electrons. The first kappa shape index (κ1) is 19.4. The number of hydrogen-bond donors (Lipinski definition) is 1. The van der Waals surface area contributed by atoms with E-state index in [0.29, 0.717) is 10.8 Å². The molecule has 2 heterocycles. The SMILES string of the molecule is Nc1nc(=O)n([C@H]2C[C@H](F)[C@@](F)(CO[PH](=O)Oc3ccccc3)O2)cc1F. The summed E-state index contributed by atoms with van der Waals surface area (Å²) < 4.78 is 69.3. The molecule has 2 aromatic rings. The lowest BCUT2D eigenvalue weighted by Crippen LogP contribution is -2.37. The minimum absolute atomic E-state index is 0.228. The molecule has 27 heavy (non-hydrogen) atoms. The van der Waals surface area contributed by atoms with E-state index in [9.17, 15) is 22.5 Å². The molecule has 4 atom stereocenters. The van der Waals surface area contributed by atoms with Crippen LogP contribution >= 0.6 is 8.25 Å². The number of halogens is 3. The van der Waals surface area contributed by atoms with Crippen LogP contribution in [0.4, 0.5) is 19.0 Å². The van der Waals surface area contributed by atoms with Gasteiger partial charge in [-0.1, -0.05) is 18.2 Å². The number of nitrogen functional groups attached to an aromatic ring is 1. The number of nitrogens with zero attached hydrogens (tertiary/aromatic N) is 2. The van der Waals surface area contributed by atoms with E-state index in [2.05, 4.69) is 4.98 Å². The van der Waals surface area contributed by atoms with E-state index in [1.54, 1.807) is 18.2 Å². The number of benzene rings is 1. The third-order valence-electron chi connectivity index (χ3n) is 3.78. The van der Waals surface area contributed by atoms with Crippen molar-refractivity contribution in [2.24, 2.45) is 0 Å². The Balaban J connectivity index is 1.65. The Morgan fingerprint density at radius 2 is 2.11 bits per heavy atom. The van der Waals surface area contributed by atoms with E-state index in [4.69, 9.17) is 19.5 Å². The van der Waals surface area contributed by atoms with Crippen molar-refractivity contribution in [2.75, 3.05) is 12.3 Å². The number of alkyl halides is 2. The highest BCUT2D eigenvalue weighted by Gasteiger charge is 2.52. The van der Waals surface area contributed by atoms with Crippen LogP contribution in [0.15, 0.2) is 41.3 Å². The number of ether oxygens (including phenoxy) is 1. The summed E-state index contributed by atoms with van der Waals surface area (Å²) in [4.78, 5) is 15.0. The van der Waals surface area contributed by atoms with Gasteiger partial charge in [0.05, 0.1) is 6.20 Å². The van der Waals surface area contributed by atoms with Crippen LogP contribution in [0.1, 0.15) is 12.6 Å². The summed E-state index contributed by atoms with van der Waals surface area (Å²) in [5.74, 6) is -4.45. The van der Waals surface area contributed by atoms with Gasteiger partial charge < -0.3 is 15.0 Å². The molecule has 1 aliphatic rings. The first-order valence-corrected chi connectivity index (χ1v) is 8.95. The van der Waals surface area contributed by atoms with E-state index in [1.807, 2.05) is 0 Å². The number of anilines is 1. The molecule has 0 spiro atoms. The zero-order valence-electron chi connectivity index (χ0n) is 13.7. The molecular weight excluding hydrogens is 390 g/mol. The fourth-order valence-electron chi connectivity index (χ4n) is 2.43. The highest BCUT2D eigenvalue weighted by atomic mass is 31.1. The maximum Gasteiger partial charge on any atom is 0.368 e. The van der Waals surface area contributed by atoms with Gasteiger partial charge in [-0.25, -0.2) is 22.5 Å². The summed E-state index contributed by atoms with van der Waals surface area (Å²) in [5.41, 5.74) is 4.13. The Morgan fingerprint density at radius 3 is 2.81 bits per heavy atom. The average Bonchev–Trinajstić information content (AvgIpc) is 2.92. The lowest BCUT2D eigenvalue weighted by Gasteiger charge is -2.22. The molecule has 1 aromatic heterocycles. The molecule has 3 rings (SSSR count). The fourth-order valence-corrected chi connectivity index (χ4v) is 3.13. The summed E-state index contributed by atoms with van der Waals surface area (Å²) in [7, 11) is -3.19. The van der Waals surface area contributed by atoms with Gasteiger partial charge in [0.25, 0.3) is 5.85 Å². The van der Waals surface area contributed by atoms with Crippen molar-refractivity contribution in [3.05, 3.63) is 52.8 Å². The second kappa shape index (κ2) is 7.71. The lowest BCUT2D eigenvalue weighted by molar-refractivity contribution is -0.191. The molecule has 0 bridgehead atoms. The highest BCUT2D eigenvalue weighted by molar-refractivity contribution is 7.33. The van der Waals surface area contributed by atoms with Crippen LogP contribution in [0.3, 0.4) is 0 Å². The van der Waals surface area contributed by atoms with Crippen LogP contribution in [-0.2, 0) is 13.8 Å². The van der Waals surface area contributed by atoms with E-state index in [0.717, 1.165) is 0 Å². The summed E-state index contributed by atoms with van der Waals surface area (Å²) in [6.45, 7) is -1.05. The molecular formula is C15H15F3N3O5P. The Labute approximate surface area is 151 Å². The zero-order chi connectivity index (χ0) is 19.6. The third-order valence-corrected chi connectivity index (χ3v) is 4.57. The van der Waals surface area contributed by atoms with Crippen LogP contribution in [0.2, 0.25) is 0 Å². The molecule has 0 aliphatic carbocycles. The van der Waals surface area contributed by atoms with E-state index >= 15 is 0 Å². The molecule has 146 valence electrons. The Hall–Kier alpha value is -2.36. The highest BCUT2D eigenvalue weighted by Crippen LogP contribution is 2.41. The van der Waals surface area contributed by atoms with Gasteiger partial charge in [0, 0.05) is 6.42 Å². The van der Waals surface area contributed by atoms with E-state index < -0.39 is 56.9 Å². The van der Waals surface area contributed by atoms with Crippen molar-refractivity contribution in [1.29, 1.82) is 0 Å². The monoisotopic (exact) mass is 405 g/mol. The van der Waals surface area contributed by atoms with Crippen molar-refractivity contribution in [1.82, 2.24) is 9.55 Å². The lowest BCUT2D eigenvalue weighted by atomic mass is 10.2. The number of para-hydroxylation sites is 1. The quantitative estimate of drug-likeness (QED) is 0.736. The van der Waals surface area contributed by atoms with Crippen molar-refractivity contribution in [3.8, 4) is 5.75 Å². The number of hydrogen-bond acceptors (Lipinski definition) is 7. The van der Waals surface area contributed by atoms with Crippen molar-refractivity contribution in [3.63, 3.8) is 0 Å². The van der Waals surface area contributed by atoms with Crippen molar-refractivity contribution < 1.29 is 31.5 Å². The number of nitrogens with two attached hydrogens (primary N) is 1. The molecule has 8 nitrogen and oxygen atoms in total. The molecule has 1 aliphatic heterocycles. The zero-order valence-corrected chi connectivity index (χ0v) is 14.7. The molecule has 1 saturated heterocycles. The van der Waals surface area contributed by atoms with E-state index in [1.165, 1.54) is 12.1 Å². The van der Waals surface area contributed by atoms with Gasteiger partial charge in [0.15, 0.2) is 17.8 Å². The summed E-state index contributed by atoms with van der Waals surface area (Å²) >= 11 is 0. The van der Waals surface area contributed by atoms with Crippen molar-refractivity contribution in [2.45, 2.75) is 24.7 Å². The Bertz CT molecular complexity index is 900. The van der Waals surface area contributed by atoms with Crippen LogP contribution < -0.4 is 15.9 Å². The largest absolute Gasteiger partial charge is 0.426 e. The Kier molecular flexibility index (Phi) is 5.54. The third kappa shape index (κ3) is 4.32. The molecule has 0 saturated carbocycles. The van der Waals surface area contributed by atoms with Crippen LogP contribution in [-0.4, -0.2) is 28.2 Å². The summed E-state index contributed by atoms with van der Waals surface area (Å²) in [6.07, 6.45) is -3.65. The first-order chi connectivity index (χ1) is 12.8. The number of rotatable bonds is 6. The maximum absolute atomic E-state index is 14.7. The van der Waals surface area contributed by atoms with Crippen LogP contribution in [0.25, 0.3) is 0 Å². The van der Waals surface area contributed by atoms with Crippen molar-refractivity contribution >= 4 is 14.1 Å². The minimum Gasteiger partial charge on any atom is -0.426 e. The van der Waals surface area contributed by atoms with Gasteiger partial charge in [-0.3, -0.25) is 9.09 Å². The van der Waals surface area contributed by atoms with Gasteiger partial charge in [0.1, 0.15) is 18.6 Å². The molecule has 12 heteroatoms. The van der Waals surface area contributed by atoms with Gasteiger partial charge in [0.2, 0.25) is 0 Å². The standard InChI is InChI=1S/C15H15F3N3O5P/c16-10-7-21(14(22)20-13(10)19)12-6-11(17)15(18,25-12)8-24-27(23)26-9-4-2-1-3-5-9/h1-5,7,11-12,27H,6,8H2,(H2,19,20,22)/t11-,12+,15+/m0/s1. The average molecular weight is 405 g/mol. The predicted molar refractivity (Wildman–Crippen MR) is 88.4 cm³/mol. The van der Waals surface area contributed by atoms with E-state index in [-0.39, 0.29) is 5.75 Å². The van der Waals surface area contributed by atoms with Gasteiger partial charge in [-0.2, -0.15) is 4.98 Å². The second-order valence-electron chi connectivity index (χ2n) is 5.68. The normalized spacial score (nSPS) is 26.0. The van der Waals surface area contributed by atoms with Gasteiger partial charge >= 0.3 is 13.9 Å². The first-order valence-electron chi connectivity index (χ1n) is 7.73. The van der Waals surface area contributed by atoms with Gasteiger partial charge in [-0.15, -0.1) is 0 Å². The van der Waals surface area contributed by atoms with Crippen LogP contribution in [0, 0.1) is 5.82 Å². The summed E-state index contributed by atoms with van der Waals surface area (Å²) in [6, 6.07) is 7.97. The summed E-state index contributed by atoms with van der Waals surface area (Å²) in [5, 5.41) is 0. The minimum atomic E-state index is -3.19. The topological polar surface area (TPSA) is 106 Å². The molecule has 1 unspecified atom stereocenters. The Morgan fingerprint density at radius 1 is 1.41 bits per heavy atom.